The van der Waals surface area contributed by atoms with E-state index in [-0.39, 0.29) is 18.7 Å². The summed E-state index contributed by atoms with van der Waals surface area (Å²) in [5.74, 6) is 1.94. The summed E-state index contributed by atoms with van der Waals surface area (Å²) in [6.45, 7) is 12.6. The van der Waals surface area contributed by atoms with E-state index in [9.17, 15) is 14.4 Å². The summed E-state index contributed by atoms with van der Waals surface area (Å²) in [6.07, 6.45) is 9.66. The van der Waals surface area contributed by atoms with E-state index >= 15 is 0 Å². The van der Waals surface area contributed by atoms with Crippen LogP contribution in [-0.4, -0.2) is 44.0 Å². The molecule has 200 valence electrons. The molecule has 1 aliphatic heterocycles. The molecule has 7 heteroatoms. The van der Waals surface area contributed by atoms with E-state index in [2.05, 4.69) is 0 Å². The summed E-state index contributed by atoms with van der Waals surface area (Å²) >= 11 is 0. The van der Waals surface area contributed by atoms with Crippen LogP contribution in [0.15, 0.2) is 0 Å². The maximum Gasteiger partial charge on any atom is 0.347 e. The first kappa shape index (κ1) is 27.9. The number of carbonyl (C=O) groups is 3. The number of hydrogen-bond acceptors (Lipinski definition) is 7. The molecule has 4 saturated carbocycles. The van der Waals surface area contributed by atoms with Gasteiger partial charge in [0.15, 0.2) is 6.79 Å². The summed E-state index contributed by atoms with van der Waals surface area (Å²) < 4.78 is 20.8. The molecule has 0 aromatic heterocycles. The van der Waals surface area contributed by atoms with Crippen molar-refractivity contribution in [3.05, 3.63) is 0 Å². The second-order valence-corrected chi connectivity index (χ2v) is 12.6. The van der Waals surface area contributed by atoms with Crippen molar-refractivity contribution in [3.8, 4) is 0 Å². The van der Waals surface area contributed by atoms with E-state index in [0.29, 0.717) is 24.9 Å². The molecule has 0 aromatic carbocycles. The topological polar surface area (TPSA) is 88.1 Å². The zero-order chi connectivity index (χ0) is 25.9. The fourth-order valence-corrected chi connectivity index (χ4v) is 6.18. The Hall–Kier alpha value is -1.63. The van der Waals surface area contributed by atoms with Gasteiger partial charge in [0.2, 0.25) is 6.10 Å². The number of rotatable bonds is 9. The second kappa shape index (κ2) is 11.2. The number of cyclic esters (lactones) is 1. The average Bonchev–Trinajstić information content (AvgIpc) is 3.20. The zero-order valence-electron chi connectivity index (χ0n) is 22.7. The lowest BCUT2D eigenvalue weighted by atomic mass is 9.50. The fraction of sp³-hybridized carbons (Fsp3) is 0.893. The van der Waals surface area contributed by atoms with E-state index < -0.39 is 22.9 Å². The Bertz CT molecular complexity index is 734. The highest BCUT2D eigenvalue weighted by Gasteiger charge is 2.51. The van der Waals surface area contributed by atoms with E-state index in [0.717, 1.165) is 30.8 Å². The van der Waals surface area contributed by atoms with Gasteiger partial charge in [-0.1, -0.05) is 13.8 Å². The largest absolute Gasteiger partial charge is 0.463 e. The first-order valence-electron chi connectivity index (χ1n) is 13.5. The van der Waals surface area contributed by atoms with Gasteiger partial charge in [-0.25, -0.2) is 4.79 Å². The lowest BCUT2D eigenvalue weighted by Gasteiger charge is -2.56. The summed E-state index contributed by atoms with van der Waals surface area (Å²) in [6, 6.07) is 0. The van der Waals surface area contributed by atoms with Gasteiger partial charge in [-0.05, 0) is 102 Å². The standard InChI is InChI=1S/C18H30O3.C10H16O4/c1-4-17(2,3)16(19)21-12-20-11-18-8-13-5-14(9-18)7-15(6-13)10-18;1-4-10(2,3)9(12)14-7-5-6-13-8(7)11/h13-15H,4-12H2,1-3H3;7H,4-6H2,1-3H3. The Morgan fingerprint density at radius 2 is 1.43 bits per heavy atom. The van der Waals surface area contributed by atoms with Gasteiger partial charge in [0, 0.05) is 6.42 Å². The maximum atomic E-state index is 11.9. The van der Waals surface area contributed by atoms with Crippen LogP contribution in [0.3, 0.4) is 0 Å². The molecule has 0 amide bonds. The Morgan fingerprint density at radius 1 is 0.914 bits per heavy atom. The summed E-state index contributed by atoms with van der Waals surface area (Å²) in [5.41, 5.74) is -0.519. The molecule has 1 unspecified atom stereocenters. The molecule has 5 aliphatic rings. The van der Waals surface area contributed by atoms with E-state index in [1.807, 2.05) is 27.7 Å². The summed E-state index contributed by atoms with van der Waals surface area (Å²) in [7, 11) is 0. The van der Waals surface area contributed by atoms with Crippen molar-refractivity contribution in [2.45, 2.75) is 105 Å². The number of ether oxygens (including phenoxy) is 4. The monoisotopic (exact) mass is 494 g/mol. The van der Waals surface area contributed by atoms with Crippen LogP contribution in [0.1, 0.15) is 99.3 Å². The summed E-state index contributed by atoms with van der Waals surface area (Å²) in [5, 5.41) is 0. The first-order valence-corrected chi connectivity index (χ1v) is 13.5. The Labute approximate surface area is 211 Å². The minimum Gasteiger partial charge on any atom is -0.463 e. The summed E-state index contributed by atoms with van der Waals surface area (Å²) in [4.78, 5) is 34.5. The van der Waals surface area contributed by atoms with Crippen LogP contribution in [0.2, 0.25) is 0 Å². The lowest BCUT2D eigenvalue weighted by molar-refractivity contribution is -0.175. The van der Waals surface area contributed by atoms with Gasteiger partial charge < -0.3 is 18.9 Å². The quantitative estimate of drug-likeness (QED) is 0.183. The minimum atomic E-state index is -0.687. The van der Waals surface area contributed by atoms with Crippen LogP contribution in [0.4, 0.5) is 0 Å². The number of esters is 3. The molecular weight excluding hydrogens is 448 g/mol. The predicted molar refractivity (Wildman–Crippen MR) is 131 cm³/mol. The third kappa shape index (κ3) is 6.99. The molecule has 1 atom stereocenters. The van der Waals surface area contributed by atoms with Crippen LogP contribution in [0, 0.1) is 34.0 Å². The van der Waals surface area contributed by atoms with Crippen LogP contribution in [0.25, 0.3) is 0 Å². The Balaban J connectivity index is 0.000000214. The molecule has 5 rings (SSSR count). The Morgan fingerprint density at radius 3 is 1.89 bits per heavy atom. The van der Waals surface area contributed by atoms with Gasteiger partial charge in [-0.15, -0.1) is 0 Å². The van der Waals surface area contributed by atoms with Gasteiger partial charge in [0.05, 0.1) is 24.0 Å². The molecule has 4 bridgehead atoms. The van der Waals surface area contributed by atoms with E-state index in [4.69, 9.17) is 18.9 Å². The molecule has 35 heavy (non-hydrogen) atoms. The van der Waals surface area contributed by atoms with Gasteiger partial charge in [-0.3, -0.25) is 9.59 Å². The molecule has 4 aliphatic carbocycles. The predicted octanol–water partition coefficient (Wildman–Crippen LogP) is 5.44. The highest BCUT2D eigenvalue weighted by molar-refractivity contribution is 5.82. The highest BCUT2D eigenvalue weighted by atomic mass is 16.7. The van der Waals surface area contributed by atoms with Crippen molar-refractivity contribution in [2.75, 3.05) is 20.0 Å². The van der Waals surface area contributed by atoms with Crippen molar-refractivity contribution in [3.63, 3.8) is 0 Å². The zero-order valence-corrected chi connectivity index (χ0v) is 22.7. The van der Waals surface area contributed by atoms with E-state index in [1.165, 1.54) is 38.5 Å². The molecular formula is C28H46O7. The smallest absolute Gasteiger partial charge is 0.347 e. The molecule has 1 heterocycles. The van der Waals surface area contributed by atoms with Crippen molar-refractivity contribution >= 4 is 17.9 Å². The molecule has 1 saturated heterocycles. The molecule has 0 radical (unpaired) electrons. The van der Waals surface area contributed by atoms with Crippen LogP contribution in [0.5, 0.6) is 0 Å². The Kier molecular flexibility index (Phi) is 8.93. The third-order valence-electron chi connectivity index (χ3n) is 8.86. The van der Waals surface area contributed by atoms with Crippen molar-refractivity contribution in [2.24, 2.45) is 34.0 Å². The highest BCUT2D eigenvalue weighted by Crippen LogP contribution is 2.60. The molecule has 0 N–H and O–H groups in total. The number of carbonyl (C=O) groups excluding carboxylic acids is 3. The van der Waals surface area contributed by atoms with Crippen LogP contribution in [-0.2, 0) is 33.3 Å². The molecule has 7 nitrogen and oxygen atoms in total. The van der Waals surface area contributed by atoms with Crippen LogP contribution < -0.4 is 0 Å². The first-order chi connectivity index (χ1) is 16.4. The van der Waals surface area contributed by atoms with Gasteiger partial charge in [0.1, 0.15) is 0 Å². The fourth-order valence-electron chi connectivity index (χ4n) is 6.18. The molecule has 0 aromatic rings. The van der Waals surface area contributed by atoms with Gasteiger partial charge in [-0.2, -0.15) is 0 Å². The van der Waals surface area contributed by atoms with Gasteiger partial charge in [0.25, 0.3) is 0 Å². The SMILES string of the molecule is CCC(C)(C)C(=O)OC1CCOC1=O.CCC(C)(C)C(=O)OCOCC12CC3CC(CC(C3)C1)C2. The molecule has 5 fully saturated rings. The van der Waals surface area contributed by atoms with Crippen molar-refractivity contribution in [1.29, 1.82) is 0 Å². The second-order valence-electron chi connectivity index (χ2n) is 12.6. The third-order valence-corrected chi connectivity index (χ3v) is 8.86. The van der Waals surface area contributed by atoms with E-state index in [1.54, 1.807) is 13.8 Å². The molecule has 0 spiro atoms. The normalized spacial score (nSPS) is 31.4. The maximum absolute atomic E-state index is 11.9. The van der Waals surface area contributed by atoms with Gasteiger partial charge >= 0.3 is 17.9 Å². The number of hydrogen-bond donors (Lipinski definition) is 0. The average molecular weight is 495 g/mol. The lowest BCUT2D eigenvalue weighted by Crippen LogP contribution is -2.48. The minimum absolute atomic E-state index is 0.129. The van der Waals surface area contributed by atoms with Crippen molar-refractivity contribution < 1.29 is 33.3 Å². The van der Waals surface area contributed by atoms with Crippen molar-refractivity contribution in [1.82, 2.24) is 0 Å². The van der Waals surface area contributed by atoms with Crippen LogP contribution >= 0.6 is 0 Å².